The molecule has 0 unspecified atom stereocenters. The molecule has 0 radical (unpaired) electrons. The Hall–Kier alpha value is -2.08. The summed E-state index contributed by atoms with van der Waals surface area (Å²) >= 11 is 0. The van der Waals surface area contributed by atoms with Gasteiger partial charge in [0.05, 0.1) is 26.4 Å². The molecule has 3 rings (SSSR count). The van der Waals surface area contributed by atoms with Gasteiger partial charge in [-0.15, -0.1) is 0 Å². The van der Waals surface area contributed by atoms with Gasteiger partial charge < -0.3 is 18.7 Å². The number of benzene rings is 1. The molecule has 0 spiro atoms. The third-order valence-corrected chi connectivity index (χ3v) is 3.38. The molecule has 6 nitrogen and oxygen atoms in total. The molecule has 1 aromatic heterocycles. The average Bonchev–Trinajstić information content (AvgIpc) is 3.17. The molecule has 0 aliphatic carbocycles. The summed E-state index contributed by atoms with van der Waals surface area (Å²) in [5.41, 5.74) is 0.756. The van der Waals surface area contributed by atoms with Gasteiger partial charge in [-0.25, -0.2) is 0 Å². The second-order valence-corrected chi connectivity index (χ2v) is 4.58. The lowest BCUT2D eigenvalue weighted by Gasteiger charge is -2.07. The van der Waals surface area contributed by atoms with Crippen molar-refractivity contribution in [3.63, 3.8) is 0 Å². The highest BCUT2D eigenvalue weighted by atomic mass is 16.5. The van der Waals surface area contributed by atoms with Gasteiger partial charge in [-0.3, -0.25) is 0 Å². The van der Waals surface area contributed by atoms with E-state index >= 15 is 0 Å². The molecule has 1 atom stereocenters. The third kappa shape index (κ3) is 2.34. The van der Waals surface area contributed by atoms with Gasteiger partial charge in [0.2, 0.25) is 0 Å². The molecular formula is C14H16N2O4. The Bertz CT molecular complexity index is 591. The molecule has 1 aromatic carbocycles. The van der Waals surface area contributed by atoms with E-state index in [9.17, 15) is 0 Å². The van der Waals surface area contributed by atoms with Crippen molar-refractivity contribution >= 4 is 0 Å². The first kappa shape index (κ1) is 12.9. The molecule has 106 valence electrons. The van der Waals surface area contributed by atoms with Crippen molar-refractivity contribution in [1.82, 2.24) is 10.1 Å². The lowest BCUT2D eigenvalue weighted by atomic mass is 10.1. The van der Waals surface area contributed by atoms with Crippen LogP contribution in [0.5, 0.6) is 11.5 Å². The van der Waals surface area contributed by atoms with Crippen LogP contribution in [0, 0.1) is 0 Å². The van der Waals surface area contributed by atoms with Crippen molar-refractivity contribution in [1.29, 1.82) is 0 Å². The molecule has 2 aromatic rings. The fourth-order valence-corrected chi connectivity index (χ4v) is 2.22. The summed E-state index contributed by atoms with van der Waals surface area (Å²) in [6.45, 7) is 1.40. The molecule has 1 fully saturated rings. The van der Waals surface area contributed by atoms with Gasteiger partial charge in [0.25, 0.3) is 5.89 Å². The van der Waals surface area contributed by atoms with Crippen LogP contribution in [0.15, 0.2) is 22.7 Å². The van der Waals surface area contributed by atoms with Crippen LogP contribution in [-0.4, -0.2) is 37.6 Å². The zero-order chi connectivity index (χ0) is 13.9. The van der Waals surface area contributed by atoms with Crippen LogP contribution in [0.1, 0.15) is 18.2 Å². The molecule has 0 amide bonds. The Balaban J connectivity index is 1.92. The zero-order valence-corrected chi connectivity index (χ0v) is 11.5. The molecule has 1 saturated heterocycles. The first-order valence-corrected chi connectivity index (χ1v) is 6.45. The van der Waals surface area contributed by atoms with Gasteiger partial charge in [-0.1, -0.05) is 5.16 Å². The first-order chi connectivity index (χ1) is 9.81. The number of nitrogens with zero attached hydrogens (tertiary/aromatic N) is 2. The van der Waals surface area contributed by atoms with Crippen LogP contribution in [0.2, 0.25) is 0 Å². The fraction of sp³-hybridized carbons (Fsp3) is 0.429. The second kappa shape index (κ2) is 5.50. The van der Waals surface area contributed by atoms with Crippen molar-refractivity contribution in [2.45, 2.75) is 12.3 Å². The van der Waals surface area contributed by atoms with Gasteiger partial charge in [0.1, 0.15) is 11.5 Å². The molecule has 20 heavy (non-hydrogen) atoms. The number of hydrogen-bond acceptors (Lipinski definition) is 6. The number of ether oxygens (including phenoxy) is 3. The molecular weight excluding hydrogens is 260 g/mol. The van der Waals surface area contributed by atoms with Crippen molar-refractivity contribution in [3.05, 3.63) is 24.0 Å². The molecule has 2 heterocycles. The monoisotopic (exact) mass is 276 g/mol. The van der Waals surface area contributed by atoms with E-state index in [4.69, 9.17) is 18.7 Å². The maximum absolute atomic E-state index is 5.34. The van der Waals surface area contributed by atoms with Crippen molar-refractivity contribution in [3.8, 4) is 23.0 Å². The van der Waals surface area contributed by atoms with Crippen molar-refractivity contribution in [2.75, 3.05) is 27.4 Å². The smallest absolute Gasteiger partial charge is 0.261 e. The highest BCUT2D eigenvalue weighted by Gasteiger charge is 2.24. The lowest BCUT2D eigenvalue weighted by molar-refractivity contribution is 0.192. The summed E-state index contributed by atoms with van der Waals surface area (Å²) in [5.74, 6) is 2.72. The van der Waals surface area contributed by atoms with Gasteiger partial charge in [0.15, 0.2) is 5.82 Å². The summed E-state index contributed by atoms with van der Waals surface area (Å²) in [4.78, 5) is 4.45. The minimum absolute atomic E-state index is 0.219. The Morgan fingerprint density at radius 2 is 2.15 bits per heavy atom. The van der Waals surface area contributed by atoms with Gasteiger partial charge >= 0.3 is 0 Å². The van der Waals surface area contributed by atoms with E-state index in [1.165, 1.54) is 0 Å². The predicted molar refractivity (Wildman–Crippen MR) is 71.0 cm³/mol. The van der Waals surface area contributed by atoms with Crippen molar-refractivity contribution < 1.29 is 18.7 Å². The van der Waals surface area contributed by atoms with E-state index in [2.05, 4.69) is 10.1 Å². The maximum Gasteiger partial charge on any atom is 0.261 e. The maximum atomic E-state index is 5.34. The summed E-state index contributed by atoms with van der Waals surface area (Å²) < 4.78 is 21.2. The summed E-state index contributed by atoms with van der Waals surface area (Å²) in [6.07, 6.45) is 0.929. The minimum Gasteiger partial charge on any atom is -0.497 e. The normalized spacial score (nSPS) is 18.2. The molecule has 6 heteroatoms. The van der Waals surface area contributed by atoms with Crippen LogP contribution in [0.3, 0.4) is 0 Å². The van der Waals surface area contributed by atoms with Gasteiger partial charge in [-0.05, 0) is 18.6 Å². The number of rotatable bonds is 4. The summed E-state index contributed by atoms with van der Waals surface area (Å²) in [5, 5.41) is 4.04. The van der Waals surface area contributed by atoms with E-state index in [1.807, 2.05) is 12.1 Å². The summed E-state index contributed by atoms with van der Waals surface area (Å²) in [7, 11) is 3.21. The highest BCUT2D eigenvalue weighted by Crippen LogP contribution is 2.33. The van der Waals surface area contributed by atoms with E-state index in [-0.39, 0.29) is 5.92 Å². The molecule has 1 aliphatic heterocycles. The fourth-order valence-electron chi connectivity index (χ4n) is 2.22. The minimum atomic E-state index is 0.219. The van der Waals surface area contributed by atoms with E-state index in [1.54, 1.807) is 20.3 Å². The molecule has 0 bridgehead atoms. The topological polar surface area (TPSA) is 66.6 Å². The van der Waals surface area contributed by atoms with E-state index in [0.717, 1.165) is 24.3 Å². The Morgan fingerprint density at radius 1 is 1.25 bits per heavy atom. The molecule has 1 aliphatic rings. The Labute approximate surface area is 116 Å². The number of hydrogen-bond donors (Lipinski definition) is 0. The van der Waals surface area contributed by atoms with Crippen LogP contribution in [0.4, 0.5) is 0 Å². The lowest BCUT2D eigenvalue weighted by Crippen LogP contribution is -1.99. The van der Waals surface area contributed by atoms with Crippen LogP contribution < -0.4 is 9.47 Å². The SMILES string of the molecule is COc1ccc(-c2nc([C@H]3CCOC3)no2)c(OC)c1. The van der Waals surface area contributed by atoms with Gasteiger partial charge in [-0.2, -0.15) is 4.98 Å². The standard InChI is InChI=1S/C14H16N2O4/c1-17-10-3-4-11(12(7-10)18-2)14-15-13(16-20-14)9-5-6-19-8-9/h3-4,7,9H,5-6,8H2,1-2H3/t9-/m0/s1. The van der Waals surface area contributed by atoms with Crippen LogP contribution in [-0.2, 0) is 4.74 Å². The quantitative estimate of drug-likeness (QED) is 0.853. The van der Waals surface area contributed by atoms with E-state index in [0.29, 0.717) is 24.1 Å². The molecule has 0 N–H and O–H groups in total. The Morgan fingerprint density at radius 3 is 2.85 bits per heavy atom. The summed E-state index contributed by atoms with van der Waals surface area (Å²) in [6, 6.07) is 5.47. The zero-order valence-electron chi connectivity index (χ0n) is 11.5. The Kier molecular flexibility index (Phi) is 3.56. The predicted octanol–water partition coefficient (Wildman–Crippen LogP) is 2.26. The van der Waals surface area contributed by atoms with Crippen LogP contribution >= 0.6 is 0 Å². The first-order valence-electron chi connectivity index (χ1n) is 6.45. The largest absolute Gasteiger partial charge is 0.497 e. The van der Waals surface area contributed by atoms with Crippen LogP contribution in [0.25, 0.3) is 11.5 Å². The highest BCUT2D eigenvalue weighted by molar-refractivity contribution is 5.64. The van der Waals surface area contributed by atoms with Crippen molar-refractivity contribution in [2.24, 2.45) is 0 Å². The third-order valence-electron chi connectivity index (χ3n) is 3.38. The second-order valence-electron chi connectivity index (χ2n) is 4.58. The molecule has 0 saturated carbocycles. The number of aromatic nitrogens is 2. The van der Waals surface area contributed by atoms with Gasteiger partial charge in [0, 0.05) is 18.6 Å². The number of methoxy groups -OCH3 is 2. The van der Waals surface area contributed by atoms with E-state index < -0.39 is 0 Å². The average molecular weight is 276 g/mol.